The highest BCUT2D eigenvalue weighted by Crippen LogP contribution is 2.22. The molecule has 190 valence electrons. The van der Waals surface area contributed by atoms with Gasteiger partial charge in [-0.3, -0.25) is 4.79 Å². The molecule has 0 aromatic carbocycles. The smallest absolute Gasteiger partial charge is 0.305 e. The molecule has 1 fully saturated rings. The Labute approximate surface area is 194 Å². The highest BCUT2D eigenvalue weighted by Gasteiger charge is 2.44. The topological polar surface area (TPSA) is 105 Å². The van der Waals surface area contributed by atoms with Crippen LogP contribution in [0, 0.1) is 0 Å². The summed E-state index contributed by atoms with van der Waals surface area (Å²) in [5.74, 6) is -0.343. The van der Waals surface area contributed by atoms with E-state index in [0.29, 0.717) is 6.42 Å². The lowest BCUT2D eigenvalue weighted by Crippen LogP contribution is -2.59. The third-order valence-corrected chi connectivity index (χ3v) is 6.29. The number of methoxy groups -OCH3 is 1. The van der Waals surface area contributed by atoms with Gasteiger partial charge in [-0.15, -0.1) is 0 Å². The molecular weight excluding hydrogens is 412 g/mol. The van der Waals surface area contributed by atoms with Gasteiger partial charge in [0.15, 0.2) is 6.29 Å². The standard InChI is InChI=1S/C25H48O7/c1-3-4-5-6-7-8-9-10-11-12-13-14-15-16-17-18-21(26)31-19-20-22(27)23(28)24(29)25(30-2)32-20/h20,22-25,27-29H,3-19H2,1-2H3/t20-,22-,23+,24-,25+/m1/s1. The van der Waals surface area contributed by atoms with Crippen LogP contribution in [0.5, 0.6) is 0 Å². The van der Waals surface area contributed by atoms with E-state index in [1.54, 1.807) is 0 Å². The van der Waals surface area contributed by atoms with Crippen LogP contribution in [0.1, 0.15) is 110 Å². The number of ether oxygens (including phenoxy) is 3. The molecule has 0 aromatic heterocycles. The van der Waals surface area contributed by atoms with Crippen LogP contribution in [0.4, 0.5) is 0 Å². The molecule has 0 bridgehead atoms. The van der Waals surface area contributed by atoms with E-state index in [4.69, 9.17) is 14.2 Å². The molecule has 5 atom stereocenters. The zero-order chi connectivity index (χ0) is 23.6. The van der Waals surface area contributed by atoms with E-state index < -0.39 is 30.7 Å². The molecule has 32 heavy (non-hydrogen) atoms. The number of esters is 1. The van der Waals surface area contributed by atoms with Gasteiger partial charge < -0.3 is 29.5 Å². The number of hydrogen-bond donors (Lipinski definition) is 3. The predicted molar refractivity (Wildman–Crippen MR) is 124 cm³/mol. The SMILES string of the molecule is CCCCCCCCCCCCCCCCCC(=O)OC[C@H]1O[C@H](OC)[C@H](O)[C@@H](O)[C@@H]1O. The van der Waals surface area contributed by atoms with Crippen molar-refractivity contribution in [2.24, 2.45) is 0 Å². The first-order chi connectivity index (χ1) is 15.5. The molecular formula is C25H48O7. The summed E-state index contributed by atoms with van der Waals surface area (Å²) in [4.78, 5) is 11.9. The molecule has 1 aliphatic rings. The number of carbonyl (C=O) groups is 1. The van der Waals surface area contributed by atoms with Crippen molar-refractivity contribution in [3.8, 4) is 0 Å². The summed E-state index contributed by atoms with van der Waals surface area (Å²) in [6, 6.07) is 0. The quantitative estimate of drug-likeness (QED) is 0.195. The van der Waals surface area contributed by atoms with Gasteiger partial charge in [-0.25, -0.2) is 0 Å². The van der Waals surface area contributed by atoms with Crippen LogP contribution in [-0.2, 0) is 19.0 Å². The number of aliphatic hydroxyl groups excluding tert-OH is 3. The van der Waals surface area contributed by atoms with Crippen molar-refractivity contribution in [3.05, 3.63) is 0 Å². The molecule has 0 saturated carbocycles. The average molecular weight is 461 g/mol. The summed E-state index contributed by atoms with van der Waals surface area (Å²) < 4.78 is 15.5. The first kappa shape index (κ1) is 29.3. The molecule has 1 aliphatic heterocycles. The van der Waals surface area contributed by atoms with Crippen LogP contribution in [0.3, 0.4) is 0 Å². The summed E-state index contributed by atoms with van der Waals surface area (Å²) in [7, 11) is 1.33. The number of unbranched alkanes of at least 4 members (excludes halogenated alkanes) is 14. The lowest BCUT2D eigenvalue weighted by molar-refractivity contribution is -0.295. The molecule has 3 N–H and O–H groups in total. The average Bonchev–Trinajstić information content (AvgIpc) is 2.79. The van der Waals surface area contributed by atoms with Crippen molar-refractivity contribution < 1.29 is 34.3 Å². The largest absolute Gasteiger partial charge is 0.463 e. The molecule has 1 rings (SSSR count). The van der Waals surface area contributed by atoms with Gasteiger partial charge >= 0.3 is 5.97 Å². The zero-order valence-electron chi connectivity index (χ0n) is 20.4. The summed E-state index contributed by atoms with van der Waals surface area (Å²) >= 11 is 0. The summed E-state index contributed by atoms with van der Waals surface area (Å²) in [5, 5.41) is 29.5. The second kappa shape index (κ2) is 18.7. The molecule has 1 saturated heterocycles. The first-order valence-corrected chi connectivity index (χ1v) is 12.9. The Hall–Kier alpha value is -0.730. The molecule has 0 aromatic rings. The van der Waals surface area contributed by atoms with Crippen molar-refractivity contribution in [1.29, 1.82) is 0 Å². The van der Waals surface area contributed by atoms with Crippen LogP contribution in [0.2, 0.25) is 0 Å². The van der Waals surface area contributed by atoms with Gasteiger partial charge in [-0.1, -0.05) is 96.8 Å². The van der Waals surface area contributed by atoms with Crippen LogP contribution in [0.15, 0.2) is 0 Å². The lowest BCUT2D eigenvalue weighted by atomic mass is 9.99. The normalized spacial score (nSPS) is 25.7. The number of carbonyl (C=O) groups excluding carboxylic acids is 1. The van der Waals surface area contributed by atoms with E-state index >= 15 is 0 Å². The Bertz CT molecular complexity index is 458. The van der Waals surface area contributed by atoms with Gasteiger partial charge in [0.2, 0.25) is 0 Å². The number of hydrogen-bond acceptors (Lipinski definition) is 7. The summed E-state index contributed by atoms with van der Waals surface area (Å²) in [6.07, 6.45) is 13.3. The van der Waals surface area contributed by atoms with E-state index in [2.05, 4.69) is 6.92 Å². The lowest BCUT2D eigenvalue weighted by Gasteiger charge is -2.39. The monoisotopic (exact) mass is 460 g/mol. The third kappa shape index (κ3) is 12.5. The van der Waals surface area contributed by atoms with E-state index in [-0.39, 0.29) is 12.6 Å². The summed E-state index contributed by atoms with van der Waals surface area (Å²) in [5.41, 5.74) is 0. The number of rotatable bonds is 19. The van der Waals surface area contributed by atoms with Crippen molar-refractivity contribution in [3.63, 3.8) is 0 Å². The van der Waals surface area contributed by atoms with Gasteiger partial charge in [-0.05, 0) is 6.42 Å². The van der Waals surface area contributed by atoms with E-state index in [0.717, 1.165) is 19.3 Å². The molecule has 7 nitrogen and oxygen atoms in total. The molecule has 0 spiro atoms. The Morgan fingerprint density at radius 2 is 1.19 bits per heavy atom. The maximum absolute atomic E-state index is 11.9. The Morgan fingerprint density at radius 1 is 0.719 bits per heavy atom. The van der Waals surface area contributed by atoms with E-state index in [1.807, 2.05) is 0 Å². The van der Waals surface area contributed by atoms with Crippen LogP contribution in [0.25, 0.3) is 0 Å². The van der Waals surface area contributed by atoms with Crippen LogP contribution < -0.4 is 0 Å². The summed E-state index contributed by atoms with van der Waals surface area (Å²) in [6.45, 7) is 2.08. The Kier molecular flexibility index (Phi) is 17.1. The zero-order valence-corrected chi connectivity index (χ0v) is 20.4. The second-order valence-electron chi connectivity index (χ2n) is 9.13. The number of aliphatic hydroxyl groups is 3. The van der Waals surface area contributed by atoms with E-state index in [9.17, 15) is 20.1 Å². The Balaban J connectivity index is 1.92. The van der Waals surface area contributed by atoms with E-state index in [1.165, 1.54) is 84.2 Å². The molecule has 0 amide bonds. The molecule has 0 aliphatic carbocycles. The van der Waals surface area contributed by atoms with Gasteiger partial charge in [0.25, 0.3) is 0 Å². The fraction of sp³-hybridized carbons (Fsp3) is 0.960. The highest BCUT2D eigenvalue weighted by atomic mass is 16.7. The minimum Gasteiger partial charge on any atom is -0.463 e. The third-order valence-electron chi connectivity index (χ3n) is 6.29. The predicted octanol–water partition coefficient (Wildman–Crippen LogP) is 4.25. The molecule has 1 heterocycles. The second-order valence-corrected chi connectivity index (χ2v) is 9.13. The minimum atomic E-state index is -1.41. The molecule has 7 heteroatoms. The maximum atomic E-state index is 11.9. The van der Waals surface area contributed by atoms with Crippen LogP contribution >= 0.6 is 0 Å². The van der Waals surface area contributed by atoms with Gasteiger partial charge in [-0.2, -0.15) is 0 Å². The van der Waals surface area contributed by atoms with Crippen molar-refractivity contribution in [2.75, 3.05) is 13.7 Å². The van der Waals surface area contributed by atoms with Crippen LogP contribution in [-0.4, -0.2) is 65.7 Å². The first-order valence-electron chi connectivity index (χ1n) is 12.9. The van der Waals surface area contributed by atoms with Crippen molar-refractivity contribution in [2.45, 2.75) is 140 Å². The van der Waals surface area contributed by atoms with Crippen molar-refractivity contribution >= 4 is 5.97 Å². The highest BCUT2D eigenvalue weighted by molar-refractivity contribution is 5.69. The molecule has 0 radical (unpaired) electrons. The van der Waals surface area contributed by atoms with Gasteiger partial charge in [0.1, 0.15) is 31.0 Å². The minimum absolute atomic E-state index is 0.178. The Morgan fingerprint density at radius 3 is 1.66 bits per heavy atom. The maximum Gasteiger partial charge on any atom is 0.305 e. The molecule has 0 unspecified atom stereocenters. The fourth-order valence-corrected chi connectivity index (χ4v) is 4.14. The fourth-order valence-electron chi connectivity index (χ4n) is 4.14. The van der Waals surface area contributed by atoms with Gasteiger partial charge in [0.05, 0.1) is 0 Å². The van der Waals surface area contributed by atoms with Crippen molar-refractivity contribution in [1.82, 2.24) is 0 Å². The van der Waals surface area contributed by atoms with Gasteiger partial charge in [0, 0.05) is 13.5 Å².